The van der Waals surface area contributed by atoms with Crippen LogP contribution in [-0.4, -0.2) is 40.0 Å². The molecule has 0 saturated carbocycles. The molecule has 6 nitrogen and oxygen atoms in total. The third kappa shape index (κ3) is 2.85. The van der Waals surface area contributed by atoms with E-state index in [0.717, 1.165) is 5.82 Å². The van der Waals surface area contributed by atoms with Crippen molar-refractivity contribution >= 4 is 5.91 Å². The summed E-state index contributed by atoms with van der Waals surface area (Å²) in [7, 11) is 3.42. The summed E-state index contributed by atoms with van der Waals surface area (Å²) in [4.78, 5) is 12.2. The summed E-state index contributed by atoms with van der Waals surface area (Å²) in [6.45, 7) is 2.37. The third-order valence-corrected chi connectivity index (χ3v) is 2.80. The van der Waals surface area contributed by atoms with E-state index in [4.69, 9.17) is 4.74 Å². The van der Waals surface area contributed by atoms with Gasteiger partial charge in [-0.3, -0.25) is 9.48 Å². The Morgan fingerprint density at radius 3 is 2.79 bits per heavy atom. The van der Waals surface area contributed by atoms with Crippen LogP contribution in [0.1, 0.15) is 17.3 Å². The summed E-state index contributed by atoms with van der Waals surface area (Å²) >= 11 is 0. The molecule has 0 aliphatic carbocycles. The Hall–Kier alpha value is -2.08. The molecule has 1 amide bonds. The van der Waals surface area contributed by atoms with Crippen molar-refractivity contribution in [3.8, 4) is 5.82 Å². The zero-order chi connectivity index (χ0) is 13.8. The van der Waals surface area contributed by atoms with Gasteiger partial charge in [0.05, 0.1) is 12.8 Å². The van der Waals surface area contributed by atoms with Gasteiger partial charge in [-0.2, -0.15) is 5.10 Å². The lowest BCUT2D eigenvalue weighted by molar-refractivity contribution is 0.0905. The fourth-order valence-corrected chi connectivity index (χ4v) is 1.97. The minimum atomic E-state index is -0.152. The summed E-state index contributed by atoms with van der Waals surface area (Å²) in [5.74, 6) is 0.591. The highest BCUT2D eigenvalue weighted by molar-refractivity contribution is 5.97. The van der Waals surface area contributed by atoms with Crippen molar-refractivity contribution in [2.24, 2.45) is 7.05 Å². The van der Waals surface area contributed by atoms with Gasteiger partial charge in [0.2, 0.25) is 0 Å². The predicted molar refractivity (Wildman–Crippen MR) is 71.3 cm³/mol. The summed E-state index contributed by atoms with van der Waals surface area (Å²) in [5.41, 5.74) is 0.543. The molecule has 0 aliphatic rings. The molecular weight excluding hydrogens is 244 g/mol. The molecule has 0 aromatic carbocycles. The van der Waals surface area contributed by atoms with Crippen LogP contribution in [0.4, 0.5) is 0 Å². The maximum absolute atomic E-state index is 12.2. The molecule has 2 aromatic heterocycles. The van der Waals surface area contributed by atoms with Gasteiger partial charge in [0.25, 0.3) is 5.91 Å². The molecule has 1 unspecified atom stereocenters. The van der Waals surface area contributed by atoms with Crippen LogP contribution in [0.25, 0.3) is 5.82 Å². The van der Waals surface area contributed by atoms with Crippen LogP contribution in [-0.2, 0) is 11.8 Å². The Balaban J connectivity index is 2.24. The van der Waals surface area contributed by atoms with Crippen molar-refractivity contribution in [1.29, 1.82) is 0 Å². The van der Waals surface area contributed by atoms with Crippen molar-refractivity contribution in [3.63, 3.8) is 0 Å². The summed E-state index contributed by atoms with van der Waals surface area (Å²) < 4.78 is 8.55. The molecule has 2 heterocycles. The number of aryl methyl sites for hydroxylation is 1. The minimum Gasteiger partial charge on any atom is -0.383 e. The van der Waals surface area contributed by atoms with Crippen molar-refractivity contribution in [1.82, 2.24) is 19.7 Å². The molecule has 19 heavy (non-hydrogen) atoms. The van der Waals surface area contributed by atoms with Gasteiger partial charge < -0.3 is 14.6 Å². The van der Waals surface area contributed by atoms with E-state index in [1.54, 1.807) is 18.0 Å². The Kier molecular flexibility index (Phi) is 4.01. The monoisotopic (exact) mass is 262 g/mol. The van der Waals surface area contributed by atoms with Crippen LogP contribution in [0.15, 0.2) is 30.7 Å². The average molecular weight is 262 g/mol. The van der Waals surface area contributed by atoms with Gasteiger partial charge in [0.1, 0.15) is 11.4 Å². The van der Waals surface area contributed by atoms with Crippen molar-refractivity contribution in [3.05, 3.63) is 36.3 Å². The number of hydrogen-bond donors (Lipinski definition) is 1. The zero-order valence-electron chi connectivity index (χ0n) is 11.3. The van der Waals surface area contributed by atoms with Crippen LogP contribution >= 0.6 is 0 Å². The van der Waals surface area contributed by atoms with Crippen LogP contribution in [0.5, 0.6) is 0 Å². The van der Waals surface area contributed by atoms with Gasteiger partial charge in [-0.15, -0.1) is 0 Å². The molecule has 0 aliphatic heterocycles. The van der Waals surface area contributed by atoms with Crippen LogP contribution in [0.3, 0.4) is 0 Å². The second kappa shape index (κ2) is 5.71. The van der Waals surface area contributed by atoms with Gasteiger partial charge >= 0.3 is 0 Å². The Bertz CT molecular complexity index is 545. The van der Waals surface area contributed by atoms with Gasteiger partial charge in [-0.1, -0.05) is 0 Å². The average Bonchev–Trinajstić information content (AvgIpc) is 2.97. The number of aromatic nitrogens is 3. The molecular formula is C13H18N4O2. The first-order chi connectivity index (χ1) is 9.13. The van der Waals surface area contributed by atoms with E-state index in [1.165, 1.54) is 0 Å². The van der Waals surface area contributed by atoms with E-state index < -0.39 is 0 Å². The molecule has 0 radical (unpaired) electrons. The number of rotatable bonds is 5. The summed E-state index contributed by atoms with van der Waals surface area (Å²) in [5, 5.41) is 7.03. The molecule has 1 atom stereocenters. The largest absolute Gasteiger partial charge is 0.383 e. The number of carbonyl (C=O) groups excluding carboxylic acids is 1. The molecule has 0 spiro atoms. The molecule has 0 bridgehead atoms. The topological polar surface area (TPSA) is 61.1 Å². The lowest BCUT2D eigenvalue weighted by Crippen LogP contribution is -2.36. The molecule has 2 aromatic rings. The normalized spacial score (nSPS) is 12.4. The van der Waals surface area contributed by atoms with Gasteiger partial charge in [0, 0.05) is 32.6 Å². The number of carbonyl (C=O) groups is 1. The lowest BCUT2D eigenvalue weighted by atomic mass is 10.2. The number of hydrogen-bond acceptors (Lipinski definition) is 3. The Morgan fingerprint density at radius 2 is 2.16 bits per heavy atom. The number of nitrogens with one attached hydrogen (secondary N) is 1. The molecule has 1 N–H and O–H groups in total. The predicted octanol–water partition coefficient (Wildman–Crippen LogP) is 0.975. The second-order valence-corrected chi connectivity index (χ2v) is 4.43. The van der Waals surface area contributed by atoms with E-state index in [2.05, 4.69) is 10.4 Å². The lowest BCUT2D eigenvalue weighted by Gasteiger charge is -2.13. The van der Waals surface area contributed by atoms with E-state index in [9.17, 15) is 4.79 Å². The van der Waals surface area contributed by atoms with Crippen molar-refractivity contribution in [2.75, 3.05) is 13.7 Å². The zero-order valence-corrected chi connectivity index (χ0v) is 11.3. The third-order valence-electron chi connectivity index (χ3n) is 2.80. The quantitative estimate of drug-likeness (QED) is 0.873. The minimum absolute atomic E-state index is 0.0461. The van der Waals surface area contributed by atoms with Crippen LogP contribution < -0.4 is 5.32 Å². The highest BCUT2D eigenvalue weighted by Gasteiger charge is 2.18. The first-order valence-corrected chi connectivity index (χ1v) is 6.08. The Morgan fingerprint density at radius 1 is 1.47 bits per heavy atom. The highest BCUT2D eigenvalue weighted by atomic mass is 16.5. The standard InChI is InChI=1S/C13H18N4O2/c1-10(9-19-3)15-12(18)11-8-14-16(2)13(11)17-6-4-5-7-17/h4-8,10H,9H2,1-3H3,(H,15,18). The van der Waals surface area contributed by atoms with E-state index in [0.29, 0.717) is 12.2 Å². The Labute approximate surface area is 112 Å². The number of amides is 1. The maximum atomic E-state index is 12.2. The molecule has 0 fully saturated rings. The van der Waals surface area contributed by atoms with Crippen LogP contribution in [0, 0.1) is 0 Å². The van der Waals surface area contributed by atoms with Crippen LogP contribution in [0.2, 0.25) is 0 Å². The molecule has 6 heteroatoms. The maximum Gasteiger partial charge on any atom is 0.256 e. The van der Waals surface area contributed by atoms with Crippen molar-refractivity contribution < 1.29 is 9.53 Å². The van der Waals surface area contributed by atoms with E-state index >= 15 is 0 Å². The van der Waals surface area contributed by atoms with Gasteiger partial charge in [-0.05, 0) is 19.1 Å². The molecule has 0 saturated heterocycles. The fourth-order valence-electron chi connectivity index (χ4n) is 1.97. The first kappa shape index (κ1) is 13.4. The SMILES string of the molecule is COCC(C)NC(=O)c1cnn(C)c1-n1cccc1. The van der Waals surface area contributed by atoms with E-state index in [1.807, 2.05) is 43.1 Å². The smallest absolute Gasteiger partial charge is 0.256 e. The van der Waals surface area contributed by atoms with Gasteiger partial charge in [-0.25, -0.2) is 0 Å². The first-order valence-electron chi connectivity index (χ1n) is 6.08. The number of nitrogens with zero attached hydrogens (tertiary/aromatic N) is 3. The molecule has 2 rings (SSSR count). The fraction of sp³-hybridized carbons (Fsp3) is 0.385. The van der Waals surface area contributed by atoms with E-state index in [-0.39, 0.29) is 11.9 Å². The molecule has 102 valence electrons. The highest BCUT2D eigenvalue weighted by Crippen LogP contribution is 2.13. The summed E-state index contributed by atoms with van der Waals surface area (Å²) in [6.07, 6.45) is 5.34. The summed E-state index contributed by atoms with van der Waals surface area (Å²) in [6, 6.07) is 3.76. The number of ether oxygens (including phenoxy) is 1. The number of methoxy groups -OCH3 is 1. The van der Waals surface area contributed by atoms with Gasteiger partial charge in [0.15, 0.2) is 0 Å². The van der Waals surface area contributed by atoms with Crippen molar-refractivity contribution in [2.45, 2.75) is 13.0 Å². The second-order valence-electron chi connectivity index (χ2n) is 4.43.